The average molecular weight is 401 g/mol. The van der Waals surface area contributed by atoms with E-state index in [0.717, 1.165) is 55.8 Å². The lowest BCUT2D eigenvalue weighted by Gasteiger charge is -2.34. The topological polar surface area (TPSA) is 66.9 Å². The van der Waals surface area contributed by atoms with Crippen LogP contribution in [0.25, 0.3) is 0 Å². The van der Waals surface area contributed by atoms with Gasteiger partial charge in [0.1, 0.15) is 10.7 Å². The van der Waals surface area contributed by atoms with Crippen LogP contribution < -0.4 is 14.8 Å². The van der Waals surface area contributed by atoms with E-state index in [-0.39, 0.29) is 5.91 Å². The lowest BCUT2D eigenvalue weighted by Crippen LogP contribution is -2.45. The molecule has 3 heterocycles. The van der Waals surface area contributed by atoms with Gasteiger partial charge in [-0.25, -0.2) is 4.98 Å². The van der Waals surface area contributed by atoms with Crippen molar-refractivity contribution < 1.29 is 14.3 Å². The molecule has 0 spiro atoms. The lowest BCUT2D eigenvalue weighted by atomic mass is 10.1. The van der Waals surface area contributed by atoms with Gasteiger partial charge in [0.2, 0.25) is 6.79 Å². The van der Waals surface area contributed by atoms with Crippen LogP contribution in [0.1, 0.15) is 21.1 Å². The molecule has 0 atom stereocenters. The maximum atomic E-state index is 11.9. The molecule has 4 rings (SSSR count). The van der Waals surface area contributed by atoms with Crippen molar-refractivity contribution in [3.8, 4) is 11.5 Å². The highest BCUT2D eigenvalue weighted by Gasteiger charge is 2.20. The van der Waals surface area contributed by atoms with Gasteiger partial charge in [0.25, 0.3) is 5.91 Å². The minimum atomic E-state index is -0.143. The van der Waals surface area contributed by atoms with E-state index in [0.29, 0.717) is 19.0 Å². The van der Waals surface area contributed by atoms with Crippen LogP contribution in [0, 0.1) is 0 Å². The monoisotopic (exact) mass is 400 g/mol. The number of hydrogen-bond acceptors (Lipinski definition) is 7. The van der Waals surface area contributed by atoms with Crippen molar-refractivity contribution in [2.45, 2.75) is 13.1 Å². The van der Waals surface area contributed by atoms with E-state index in [9.17, 15) is 4.79 Å². The summed E-state index contributed by atoms with van der Waals surface area (Å²) in [4.78, 5) is 21.3. The van der Waals surface area contributed by atoms with E-state index in [1.54, 1.807) is 17.4 Å². The van der Waals surface area contributed by atoms with Crippen molar-refractivity contribution in [1.82, 2.24) is 20.1 Å². The molecular formula is C20H24N4O3S. The van der Waals surface area contributed by atoms with Gasteiger partial charge in [0.05, 0.1) is 6.54 Å². The minimum Gasteiger partial charge on any atom is -0.454 e. The molecule has 1 aromatic carbocycles. The predicted octanol–water partition coefficient (Wildman–Crippen LogP) is 2.11. The van der Waals surface area contributed by atoms with E-state index in [4.69, 9.17) is 9.47 Å². The van der Waals surface area contributed by atoms with E-state index < -0.39 is 0 Å². The number of benzene rings is 1. The molecule has 28 heavy (non-hydrogen) atoms. The van der Waals surface area contributed by atoms with Crippen LogP contribution in [0.5, 0.6) is 11.5 Å². The van der Waals surface area contributed by atoms with Gasteiger partial charge in [-0.15, -0.1) is 17.9 Å². The van der Waals surface area contributed by atoms with Crippen LogP contribution in [0.3, 0.4) is 0 Å². The maximum Gasteiger partial charge on any atom is 0.271 e. The number of ether oxygens (including phenoxy) is 2. The number of thiazole rings is 1. The third-order valence-electron chi connectivity index (χ3n) is 4.86. The number of amides is 1. The fourth-order valence-corrected chi connectivity index (χ4v) is 4.15. The summed E-state index contributed by atoms with van der Waals surface area (Å²) in [5.41, 5.74) is 1.73. The molecule has 1 aromatic heterocycles. The maximum absolute atomic E-state index is 11.9. The normalized spacial score (nSPS) is 16.9. The van der Waals surface area contributed by atoms with Crippen molar-refractivity contribution >= 4 is 17.2 Å². The number of carbonyl (C=O) groups is 1. The first-order valence-corrected chi connectivity index (χ1v) is 10.3. The molecule has 8 heteroatoms. The van der Waals surface area contributed by atoms with Crippen molar-refractivity contribution in [3.05, 3.63) is 52.5 Å². The summed E-state index contributed by atoms with van der Waals surface area (Å²) >= 11 is 1.54. The van der Waals surface area contributed by atoms with Crippen LogP contribution in [0.4, 0.5) is 0 Å². The molecule has 1 fully saturated rings. The van der Waals surface area contributed by atoms with Crippen molar-refractivity contribution in [1.29, 1.82) is 0 Å². The van der Waals surface area contributed by atoms with Crippen LogP contribution in [-0.4, -0.2) is 60.2 Å². The molecule has 148 valence electrons. The summed E-state index contributed by atoms with van der Waals surface area (Å²) in [5, 5.41) is 5.56. The molecule has 1 N–H and O–H groups in total. The van der Waals surface area contributed by atoms with E-state index in [1.807, 2.05) is 11.4 Å². The number of nitrogens with one attached hydrogen (secondary N) is 1. The summed E-state index contributed by atoms with van der Waals surface area (Å²) in [6.07, 6.45) is 1.66. The molecular weight excluding hydrogens is 376 g/mol. The molecule has 1 saturated heterocycles. The summed E-state index contributed by atoms with van der Waals surface area (Å²) < 4.78 is 10.8. The van der Waals surface area contributed by atoms with Gasteiger partial charge >= 0.3 is 0 Å². The Bertz CT molecular complexity index is 846. The van der Waals surface area contributed by atoms with Gasteiger partial charge in [-0.2, -0.15) is 0 Å². The Morgan fingerprint density at radius 1 is 1.18 bits per heavy atom. The molecule has 0 radical (unpaired) electrons. The Morgan fingerprint density at radius 2 is 1.93 bits per heavy atom. The van der Waals surface area contributed by atoms with Gasteiger partial charge in [-0.1, -0.05) is 12.1 Å². The zero-order chi connectivity index (χ0) is 19.3. The fourth-order valence-electron chi connectivity index (χ4n) is 3.34. The first-order chi connectivity index (χ1) is 13.7. The summed E-state index contributed by atoms with van der Waals surface area (Å²) in [6, 6.07) is 6.16. The quantitative estimate of drug-likeness (QED) is 0.718. The summed E-state index contributed by atoms with van der Waals surface area (Å²) in [5.74, 6) is 1.53. The first-order valence-electron chi connectivity index (χ1n) is 9.38. The van der Waals surface area contributed by atoms with Gasteiger partial charge in [0, 0.05) is 44.6 Å². The number of aromatic nitrogens is 1. The predicted molar refractivity (Wildman–Crippen MR) is 108 cm³/mol. The summed E-state index contributed by atoms with van der Waals surface area (Å²) in [7, 11) is 0. The Hall–Kier alpha value is -2.42. The molecule has 0 aliphatic carbocycles. The Balaban J connectivity index is 1.25. The van der Waals surface area contributed by atoms with Crippen LogP contribution in [0.15, 0.2) is 36.2 Å². The number of hydrogen-bond donors (Lipinski definition) is 1. The molecule has 0 saturated carbocycles. The molecule has 2 aliphatic rings. The fraction of sp³-hybridized carbons (Fsp3) is 0.400. The van der Waals surface area contributed by atoms with Crippen molar-refractivity contribution in [2.24, 2.45) is 0 Å². The molecule has 2 aromatic rings. The Morgan fingerprint density at radius 3 is 2.71 bits per heavy atom. The first kappa shape index (κ1) is 18.9. The molecule has 1 amide bonds. The van der Waals surface area contributed by atoms with Crippen molar-refractivity contribution in [2.75, 3.05) is 39.5 Å². The molecule has 7 nitrogen and oxygen atoms in total. The molecule has 0 bridgehead atoms. The average Bonchev–Trinajstić information content (AvgIpc) is 3.37. The van der Waals surface area contributed by atoms with Crippen molar-refractivity contribution in [3.63, 3.8) is 0 Å². The second kappa shape index (κ2) is 8.72. The number of nitrogens with zero attached hydrogens (tertiary/aromatic N) is 3. The largest absolute Gasteiger partial charge is 0.454 e. The summed E-state index contributed by atoms with van der Waals surface area (Å²) in [6.45, 7) is 10.1. The highest BCUT2D eigenvalue weighted by molar-refractivity contribution is 7.09. The minimum absolute atomic E-state index is 0.143. The molecule has 2 aliphatic heterocycles. The second-order valence-electron chi connectivity index (χ2n) is 6.87. The highest BCUT2D eigenvalue weighted by atomic mass is 32.1. The zero-order valence-electron chi connectivity index (χ0n) is 15.7. The number of fused-ring (bicyclic) bond motifs is 1. The number of rotatable bonds is 7. The van der Waals surface area contributed by atoms with Gasteiger partial charge in [0.15, 0.2) is 11.5 Å². The van der Waals surface area contributed by atoms with Gasteiger partial charge in [-0.3, -0.25) is 14.6 Å². The standard InChI is InChI=1S/C20H24N4O3S/c1-2-5-21-20(25)16-13-28-19(22-16)12-24-8-6-23(7-9-24)11-15-3-4-17-18(10-15)27-14-26-17/h2-4,10,13H,1,5-9,11-12,14H2,(H,21,25). The van der Waals surface area contributed by atoms with Crippen LogP contribution in [0.2, 0.25) is 0 Å². The third kappa shape index (κ3) is 4.52. The molecule has 0 unspecified atom stereocenters. The van der Waals surface area contributed by atoms with Crippen LogP contribution in [-0.2, 0) is 13.1 Å². The van der Waals surface area contributed by atoms with Gasteiger partial charge < -0.3 is 14.8 Å². The van der Waals surface area contributed by atoms with E-state index in [2.05, 4.69) is 38.8 Å². The van der Waals surface area contributed by atoms with E-state index in [1.165, 1.54) is 5.56 Å². The zero-order valence-corrected chi connectivity index (χ0v) is 16.5. The van der Waals surface area contributed by atoms with E-state index >= 15 is 0 Å². The van der Waals surface area contributed by atoms with Gasteiger partial charge in [-0.05, 0) is 17.7 Å². The van der Waals surface area contributed by atoms with Crippen LogP contribution >= 0.6 is 11.3 Å². The number of carbonyl (C=O) groups excluding carboxylic acids is 1. The highest BCUT2D eigenvalue weighted by Crippen LogP contribution is 2.32. The third-order valence-corrected chi connectivity index (χ3v) is 5.69. The smallest absolute Gasteiger partial charge is 0.271 e. The SMILES string of the molecule is C=CCNC(=O)c1csc(CN2CCN(Cc3ccc4c(c3)OCO4)CC2)n1. The Kier molecular flexibility index (Phi) is 5.90. The lowest BCUT2D eigenvalue weighted by molar-refractivity contribution is 0.0953. The number of piperazine rings is 1. The second-order valence-corrected chi connectivity index (χ2v) is 7.81. The Labute approximate surface area is 168 Å².